The Morgan fingerprint density at radius 1 is 1.21 bits per heavy atom. The lowest BCUT2D eigenvalue weighted by Crippen LogP contribution is -2.36. The lowest BCUT2D eigenvalue weighted by atomic mass is 9.70. The molecule has 1 unspecified atom stereocenters. The van der Waals surface area contributed by atoms with Gasteiger partial charge in [0.25, 0.3) is 0 Å². The third-order valence-corrected chi connectivity index (χ3v) is 4.14. The molecule has 5 nitrogen and oxygen atoms in total. The third kappa shape index (κ3) is 4.66. The monoisotopic (exact) mass is 334 g/mol. The Bertz CT molecular complexity index is 609. The molecule has 1 atom stereocenters. The second-order valence-electron chi connectivity index (χ2n) is 5.99. The fourth-order valence-corrected chi connectivity index (χ4v) is 2.69. The number of Topliss-reactive ketones (excluding diaryl/α,β-unsaturated/α-hetero) is 1. The first-order chi connectivity index (χ1) is 11.3. The Morgan fingerprint density at radius 3 is 2.42 bits per heavy atom. The number of esters is 2. The van der Waals surface area contributed by atoms with E-state index in [-0.39, 0.29) is 11.8 Å². The molecule has 0 aromatic carbocycles. The minimum absolute atomic E-state index is 0.0310. The van der Waals surface area contributed by atoms with Crippen molar-refractivity contribution >= 4 is 17.7 Å². The van der Waals surface area contributed by atoms with Gasteiger partial charge >= 0.3 is 11.9 Å². The van der Waals surface area contributed by atoms with Crippen LogP contribution < -0.4 is 0 Å². The Balaban J connectivity index is 3.16. The molecule has 0 radical (unpaired) electrons. The molecule has 0 amide bonds. The molecule has 1 aliphatic carbocycles. The molecule has 1 rings (SSSR count). The number of ketones is 1. The number of ether oxygens (including phenoxy) is 2. The van der Waals surface area contributed by atoms with Crippen LogP contribution in [0.5, 0.6) is 0 Å². The van der Waals surface area contributed by atoms with E-state index < -0.39 is 11.4 Å². The van der Waals surface area contributed by atoms with Gasteiger partial charge in [0.15, 0.2) is 5.78 Å². The Labute approximate surface area is 143 Å². The van der Waals surface area contributed by atoms with Gasteiger partial charge < -0.3 is 9.47 Å². The van der Waals surface area contributed by atoms with E-state index in [2.05, 4.69) is 0 Å². The summed E-state index contributed by atoms with van der Waals surface area (Å²) in [6.07, 6.45) is 5.57. The lowest BCUT2D eigenvalue weighted by molar-refractivity contribution is -0.152. The first-order valence-corrected chi connectivity index (χ1v) is 8.21. The van der Waals surface area contributed by atoms with Crippen LogP contribution in [-0.4, -0.2) is 30.9 Å². The fourth-order valence-electron chi connectivity index (χ4n) is 2.69. The molecule has 0 aromatic rings. The van der Waals surface area contributed by atoms with Crippen LogP contribution in [0.15, 0.2) is 34.9 Å². The van der Waals surface area contributed by atoms with E-state index in [1.807, 2.05) is 0 Å². The summed E-state index contributed by atoms with van der Waals surface area (Å²) in [6, 6.07) is 0. The van der Waals surface area contributed by atoms with Gasteiger partial charge in [-0.1, -0.05) is 12.2 Å². The van der Waals surface area contributed by atoms with Crippen molar-refractivity contribution < 1.29 is 23.9 Å². The topological polar surface area (TPSA) is 69.7 Å². The van der Waals surface area contributed by atoms with Crippen LogP contribution in [0, 0.1) is 5.41 Å². The van der Waals surface area contributed by atoms with Crippen LogP contribution in [-0.2, 0) is 23.9 Å². The zero-order chi connectivity index (χ0) is 18.3. The van der Waals surface area contributed by atoms with Gasteiger partial charge in [-0.3, -0.25) is 9.59 Å². The van der Waals surface area contributed by atoms with Crippen molar-refractivity contribution in [1.29, 1.82) is 0 Å². The van der Waals surface area contributed by atoms with Crippen molar-refractivity contribution in [2.75, 3.05) is 13.2 Å². The SMILES string of the molecule is CCOC(=O)/C=C(C)/C=C/C1=C(C)C(=O)CCC1(C)C(=O)OCC. The van der Waals surface area contributed by atoms with E-state index >= 15 is 0 Å². The zero-order valence-electron chi connectivity index (χ0n) is 15.1. The summed E-state index contributed by atoms with van der Waals surface area (Å²) in [7, 11) is 0. The van der Waals surface area contributed by atoms with Crippen molar-refractivity contribution in [1.82, 2.24) is 0 Å². The van der Waals surface area contributed by atoms with Crippen LogP contribution in [0.2, 0.25) is 0 Å². The van der Waals surface area contributed by atoms with Gasteiger partial charge in [0.05, 0.1) is 18.6 Å². The summed E-state index contributed by atoms with van der Waals surface area (Å²) in [5, 5.41) is 0. The highest BCUT2D eigenvalue weighted by Gasteiger charge is 2.42. The molecule has 0 fully saturated rings. The molecule has 5 heteroatoms. The molecule has 1 aliphatic rings. The molecule has 0 saturated carbocycles. The normalized spacial score (nSPS) is 22.0. The molecule has 0 heterocycles. The lowest BCUT2D eigenvalue weighted by Gasteiger charge is -2.33. The van der Waals surface area contributed by atoms with E-state index in [0.717, 1.165) is 0 Å². The zero-order valence-corrected chi connectivity index (χ0v) is 15.1. The van der Waals surface area contributed by atoms with Crippen LogP contribution in [0.4, 0.5) is 0 Å². The molecule has 0 N–H and O–H groups in total. The van der Waals surface area contributed by atoms with Gasteiger partial charge in [-0.15, -0.1) is 0 Å². The van der Waals surface area contributed by atoms with Crippen LogP contribution in [0.3, 0.4) is 0 Å². The summed E-state index contributed by atoms with van der Waals surface area (Å²) in [6.45, 7) is 9.38. The van der Waals surface area contributed by atoms with Crippen molar-refractivity contribution in [2.24, 2.45) is 5.41 Å². The third-order valence-electron chi connectivity index (χ3n) is 4.14. The molecule has 24 heavy (non-hydrogen) atoms. The molecular weight excluding hydrogens is 308 g/mol. The average molecular weight is 334 g/mol. The highest BCUT2D eigenvalue weighted by atomic mass is 16.5. The summed E-state index contributed by atoms with van der Waals surface area (Å²) in [4.78, 5) is 35.9. The van der Waals surface area contributed by atoms with E-state index in [0.29, 0.717) is 42.8 Å². The summed E-state index contributed by atoms with van der Waals surface area (Å²) >= 11 is 0. The highest BCUT2D eigenvalue weighted by molar-refractivity contribution is 6.00. The number of rotatable bonds is 6. The first-order valence-electron chi connectivity index (χ1n) is 8.21. The Morgan fingerprint density at radius 2 is 1.83 bits per heavy atom. The summed E-state index contributed by atoms with van der Waals surface area (Å²) < 4.78 is 10.1. The van der Waals surface area contributed by atoms with E-state index in [9.17, 15) is 14.4 Å². The molecule has 0 aliphatic heterocycles. The second-order valence-corrected chi connectivity index (χ2v) is 5.99. The van der Waals surface area contributed by atoms with Crippen LogP contribution in [0.25, 0.3) is 0 Å². The predicted octanol–water partition coefficient (Wildman–Crippen LogP) is 3.30. The quantitative estimate of drug-likeness (QED) is 0.423. The number of allylic oxidation sites excluding steroid dienone is 4. The van der Waals surface area contributed by atoms with Crippen molar-refractivity contribution in [3.63, 3.8) is 0 Å². The largest absolute Gasteiger partial charge is 0.465 e. The van der Waals surface area contributed by atoms with Crippen molar-refractivity contribution in [3.05, 3.63) is 34.9 Å². The average Bonchev–Trinajstić information content (AvgIpc) is 2.51. The minimum atomic E-state index is -0.852. The summed E-state index contributed by atoms with van der Waals surface area (Å²) in [5.41, 5.74) is 1.04. The fraction of sp³-hybridized carbons (Fsp3) is 0.526. The molecule has 0 saturated heterocycles. The van der Waals surface area contributed by atoms with Gasteiger partial charge in [-0.05, 0) is 57.8 Å². The number of carbonyl (C=O) groups is 3. The minimum Gasteiger partial charge on any atom is -0.465 e. The van der Waals surface area contributed by atoms with Crippen LogP contribution in [0.1, 0.15) is 47.5 Å². The van der Waals surface area contributed by atoms with Gasteiger partial charge in [0.2, 0.25) is 0 Å². The van der Waals surface area contributed by atoms with Gasteiger partial charge in [-0.2, -0.15) is 0 Å². The Hall–Kier alpha value is -2.17. The number of carbonyl (C=O) groups excluding carboxylic acids is 3. The van der Waals surface area contributed by atoms with E-state index in [1.54, 1.807) is 46.8 Å². The first kappa shape index (κ1) is 19.9. The number of hydrogen-bond donors (Lipinski definition) is 0. The molecule has 132 valence electrons. The molecule has 0 aromatic heterocycles. The maximum Gasteiger partial charge on any atom is 0.330 e. The molecule has 0 bridgehead atoms. The smallest absolute Gasteiger partial charge is 0.330 e. The van der Waals surface area contributed by atoms with Crippen LogP contribution >= 0.6 is 0 Å². The van der Waals surface area contributed by atoms with Gasteiger partial charge in [0.1, 0.15) is 0 Å². The maximum absolute atomic E-state index is 12.4. The van der Waals surface area contributed by atoms with Gasteiger partial charge in [0, 0.05) is 12.5 Å². The second kappa shape index (κ2) is 8.62. The highest BCUT2D eigenvalue weighted by Crippen LogP contribution is 2.41. The Kier molecular flexibility index (Phi) is 7.14. The van der Waals surface area contributed by atoms with E-state index in [1.165, 1.54) is 6.08 Å². The molecule has 0 spiro atoms. The van der Waals surface area contributed by atoms with E-state index in [4.69, 9.17) is 9.47 Å². The summed E-state index contributed by atoms with van der Waals surface area (Å²) in [5.74, 6) is -0.717. The predicted molar refractivity (Wildman–Crippen MR) is 91.2 cm³/mol. The van der Waals surface area contributed by atoms with Crippen molar-refractivity contribution in [2.45, 2.75) is 47.5 Å². The van der Waals surface area contributed by atoms with Crippen molar-refractivity contribution in [3.8, 4) is 0 Å². The molecular formula is C19H26O5. The number of hydrogen-bond acceptors (Lipinski definition) is 5. The van der Waals surface area contributed by atoms with Gasteiger partial charge in [-0.25, -0.2) is 4.79 Å². The standard InChI is InChI=1S/C19H26O5/c1-6-23-17(21)12-13(3)8-9-15-14(4)16(20)10-11-19(15,5)18(22)24-7-2/h8-9,12H,6-7,10-11H2,1-5H3/b9-8+,13-12+. The maximum atomic E-state index is 12.4.